The number of carbonyl (C=O) groups excluding carboxylic acids is 3. The number of rotatable bonds is 7. The topological polar surface area (TPSA) is 82.1 Å². The zero-order chi connectivity index (χ0) is 27.7. The second kappa shape index (κ2) is 10.8. The van der Waals surface area contributed by atoms with E-state index in [1.165, 1.54) is 4.90 Å². The Balaban J connectivity index is 1.64. The quantitative estimate of drug-likeness (QED) is 0.365. The number of benzene rings is 3. The first-order chi connectivity index (χ1) is 18.8. The largest absolute Gasteiger partial charge is 0.464 e. The number of fused-ring (bicyclic) bond motifs is 1. The molecule has 3 aromatic carbocycles. The van der Waals surface area contributed by atoms with Crippen molar-refractivity contribution in [3.63, 3.8) is 0 Å². The Morgan fingerprint density at radius 3 is 2.41 bits per heavy atom. The summed E-state index contributed by atoms with van der Waals surface area (Å²) in [6.07, 6.45) is -1.19. The number of imide groups is 1. The van der Waals surface area contributed by atoms with E-state index < -0.39 is 35.6 Å². The SMILES string of the molecule is CCOC(=O)[C@@]1(Cc2ccccc2)O[C@@H](c2ccc3ccccc3c2)[C@@H](C(=O)N2C(=O)OC[C@@H]2C(C)C)[C@@H]1C. The highest BCUT2D eigenvalue weighted by Crippen LogP contribution is 2.52. The molecule has 0 spiro atoms. The number of esters is 1. The zero-order valence-electron chi connectivity index (χ0n) is 22.8. The van der Waals surface area contributed by atoms with Gasteiger partial charge in [-0.05, 0) is 40.8 Å². The number of hydrogen-bond acceptors (Lipinski definition) is 6. The summed E-state index contributed by atoms with van der Waals surface area (Å²) in [6.45, 7) is 7.86. The lowest BCUT2D eigenvalue weighted by Crippen LogP contribution is -2.50. The first-order valence-electron chi connectivity index (χ1n) is 13.6. The van der Waals surface area contributed by atoms with Gasteiger partial charge >= 0.3 is 12.1 Å². The molecule has 2 aliphatic heterocycles. The van der Waals surface area contributed by atoms with Gasteiger partial charge in [0, 0.05) is 12.3 Å². The van der Waals surface area contributed by atoms with Gasteiger partial charge in [0.15, 0.2) is 5.60 Å². The molecule has 5 atom stereocenters. The lowest BCUT2D eigenvalue weighted by molar-refractivity contribution is -0.174. The third-order valence-electron chi connectivity index (χ3n) is 8.17. The molecule has 2 saturated heterocycles. The highest BCUT2D eigenvalue weighted by atomic mass is 16.6. The Bertz CT molecular complexity index is 1370. The number of amides is 2. The molecule has 5 rings (SSSR count). The monoisotopic (exact) mass is 529 g/mol. The summed E-state index contributed by atoms with van der Waals surface area (Å²) in [5.74, 6) is -2.29. The molecule has 0 unspecified atom stereocenters. The Hall–Kier alpha value is -3.71. The first-order valence-corrected chi connectivity index (χ1v) is 13.6. The standard InChI is InChI=1S/C32H35NO6/c1-5-37-30(35)32(18-22-11-7-6-8-12-22)21(4)27(29(34)33-26(20(2)3)19-38-31(33)36)28(39-32)25-16-15-23-13-9-10-14-24(23)17-25/h6-17,20-21,26-28H,5,18-19H2,1-4H3/t21-,26+,27-,28-,32-/m0/s1. The number of ether oxygens (including phenoxy) is 3. The molecule has 0 saturated carbocycles. The van der Waals surface area contributed by atoms with Gasteiger partial charge in [0.25, 0.3) is 0 Å². The fourth-order valence-corrected chi connectivity index (χ4v) is 5.96. The van der Waals surface area contributed by atoms with Crippen molar-refractivity contribution in [2.24, 2.45) is 17.8 Å². The molecule has 2 aliphatic rings. The van der Waals surface area contributed by atoms with Crippen LogP contribution < -0.4 is 0 Å². The van der Waals surface area contributed by atoms with Crippen LogP contribution in [0.3, 0.4) is 0 Å². The third-order valence-corrected chi connectivity index (χ3v) is 8.17. The molecule has 204 valence electrons. The molecule has 0 bridgehead atoms. The minimum atomic E-state index is -1.43. The van der Waals surface area contributed by atoms with Gasteiger partial charge in [-0.1, -0.05) is 87.5 Å². The molecule has 7 heteroatoms. The van der Waals surface area contributed by atoms with E-state index >= 15 is 0 Å². The number of carbonyl (C=O) groups is 3. The van der Waals surface area contributed by atoms with E-state index in [-0.39, 0.29) is 37.5 Å². The molecule has 3 aromatic rings. The first kappa shape index (κ1) is 26.9. The molecule has 2 fully saturated rings. The Morgan fingerprint density at radius 2 is 1.72 bits per heavy atom. The third kappa shape index (κ3) is 4.80. The summed E-state index contributed by atoms with van der Waals surface area (Å²) in [4.78, 5) is 42.2. The Labute approximate surface area is 229 Å². The summed E-state index contributed by atoms with van der Waals surface area (Å²) in [5, 5.41) is 2.05. The van der Waals surface area contributed by atoms with Gasteiger partial charge in [-0.2, -0.15) is 0 Å². The van der Waals surface area contributed by atoms with Crippen LogP contribution in [0.4, 0.5) is 4.79 Å². The van der Waals surface area contributed by atoms with Crippen molar-refractivity contribution < 1.29 is 28.6 Å². The second-order valence-electron chi connectivity index (χ2n) is 10.8. The highest BCUT2D eigenvalue weighted by Gasteiger charge is 2.62. The van der Waals surface area contributed by atoms with Crippen molar-refractivity contribution in [3.05, 3.63) is 83.9 Å². The molecule has 2 heterocycles. The van der Waals surface area contributed by atoms with E-state index in [4.69, 9.17) is 14.2 Å². The maximum Gasteiger partial charge on any atom is 0.416 e. The highest BCUT2D eigenvalue weighted by molar-refractivity contribution is 5.96. The predicted molar refractivity (Wildman–Crippen MR) is 147 cm³/mol. The normalized spacial score (nSPS) is 26.7. The molecular formula is C32H35NO6. The average Bonchev–Trinajstić information content (AvgIpc) is 3.47. The van der Waals surface area contributed by atoms with Crippen LogP contribution in [0.1, 0.15) is 44.9 Å². The van der Waals surface area contributed by atoms with E-state index in [2.05, 4.69) is 0 Å². The van der Waals surface area contributed by atoms with Gasteiger partial charge in [0.05, 0.1) is 24.7 Å². The van der Waals surface area contributed by atoms with Crippen LogP contribution in [0.15, 0.2) is 72.8 Å². The summed E-state index contributed by atoms with van der Waals surface area (Å²) >= 11 is 0. The molecule has 7 nitrogen and oxygen atoms in total. The summed E-state index contributed by atoms with van der Waals surface area (Å²) in [7, 11) is 0. The van der Waals surface area contributed by atoms with Crippen molar-refractivity contribution in [3.8, 4) is 0 Å². The predicted octanol–water partition coefficient (Wildman–Crippen LogP) is 5.71. The fraction of sp³-hybridized carbons (Fsp3) is 0.406. The van der Waals surface area contributed by atoms with Gasteiger partial charge in [-0.25, -0.2) is 14.5 Å². The van der Waals surface area contributed by atoms with E-state index in [1.54, 1.807) is 6.92 Å². The van der Waals surface area contributed by atoms with E-state index in [0.717, 1.165) is 21.9 Å². The number of cyclic esters (lactones) is 1. The van der Waals surface area contributed by atoms with Gasteiger partial charge < -0.3 is 14.2 Å². The maximum absolute atomic E-state index is 14.3. The zero-order valence-corrected chi connectivity index (χ0v) is 22.8. The van der Waals surface area contributed by atoms with Crippen LogP contribution in [0.5, 0.6) is 0 Å². The van der Waals surface area contributed by atoms with Gasteiger partial charge in [0.2, 0.25) is 5.91 Å². The van der Waals surface area contributed by atoms with Crippen LogP contribution in [0.25, 0.3) is 10.8 Å². The second-order valence-corrected chi connectivity index (χ2v) is 10.8. The van der Waals surface area contributed by atoms with Gasteiger partial charge in [-0.3, -0.25) is 4.79 Å². The maximum atomic E-state index is 14.3. The fourth-order valence-electron chi connectivity index (χ4n) is 5.96. The molecule has 2 amide bonds. The van der Waals surface area contributed by atoms with Crippen LogP contribution >= 0.6 is 0 Å². The average molecular weight is 530 g/mol. The minimum Gasteiger partial charge on any atom is -0.464 e. The van der Waals surface area contributed by atoms with E-state index in [1.807, 2.05) is 93.6 Å². The van der Waals surface area contributed by atoms with Crippen molar-refractivity contribution in [2.75, 3.05) is 13.2 Å². The van der Waals surface area contributed by atoms with Crippen LogP contribution in [0.2, 0.25) is 0 Å². The molecule has 0 aliphatic carbocycles. The molecule has 0 aromatic heterocycles. The molecule has 39 heavy (non-hydrogen) atoms. The minimum absolute atomic E-state index is 0.0104. The number of hydrogen-bond donors (Lipinski definition) is 0. The Kier molecular flexibility index (Phi) is 7.45. The van der Waals surface area contributed by atoms with Crippen LogP contribution in [-0.2, 0) is 30.2 Å². The van der Waals surface area contributed by atoms with Crippen LogP contribution in [-0.4, -0.2) is 47.7 Å². The van der Waals surface area contributed by atoms with Gasteiger partial charge in [0.1, 0.15) is 6.61 Å². The van der Waals surface area contributed by atoms with Gasteiger partial charge in [-0.15, -0.1) is 0 Å². The summed E-state index contributed by atoms with van der Waals surface area (Å²) in [5.41, 5.74) is 0.237. The molecule has 0 N–H and O–H groups in total. The number of nitrogens with zero attached hydrogens (tertiary/aromatic N) is 1. The van der Waals surface area contributed by atoms with Crippen molar-refractivity contribution >= 4 is 28.7 Å². The molecular weight excluding hydrogens is 494 g/mol. The summed E-state index contributed by atoms with van der Waals surface area (Å²) < 4.78 is 17.7. The summed E-state index contributed by atoms with van der Waals surface area (Å²) in [6, 6.07) is 23.1. The van der Waals surface area contributed by atoms with E-state index in [9.17, 15) is 14.4 Å². The lowest BCUT2D eigenvalue weighted by Gasteiger charge is -2.32. The van der Waals surface area contributed by atoms with Crippen LogP contribution in [0, 0.1) is 17.8 Å². The lowest BCUT2D eigenvalue weighted by atomic mass is 9.75. The molecule has 0 radical (unpaired) electrons. The van der Waals surface area contributed by atoms with E-state index in [0.29, 0.717) is 0 Å². The smallest absolute Gasteiger partial charge is 0.416 e. The van der Waals surface area contributed by atoms with Crippen molar-refractivity contribution in [1.29, 1.82) is 0 Å². The van der Waals surface area contributed by atoms with Crippen molar-refractivity contribution in [2.45, 2.75) is 51.9 Å². The Morgan fingerprint density at radius 1 is 1.03 bits per heavy atom. The van der Waals surface area contributed by atoms with Crippen molar-refractivity contribution in [1.82, 2.24) is 4.90 Å².